The fraction of sp³-hybridized carbons (Fsp3) is 0.219. The van der Waals surface area contributed by atoms with Crippen molar-refractivity contribution in [1.29, 1.82) is 0 Å². The van der Waals surface area contributed by atoms with Crippen LogP contribution in [-0.2, 0) is 28.0 Å². The molecular formula is C32H32N7O6S+. The first-order valence-electron chi connectivity index (χ1n) is 14.4. The topological polar surface area (TPSA) is 150 Å². The number of nitrogens with zero attached hydrogens (tertiary/aromatic N) is 4. The molecule has 0 aliphatic carbocycles. The molecule has 0 radical (unpaired) electrons. The molecule has 1 saturated heterocycles. The maximum atomic E-state index is 14.0. The molecule has 4 amide bonds. The number of amides is 4. The van der Waals surface area contributed by atoms with Gasteiger partial charge in [-0.2, -0.15) is 0 Å². The Kier molecular flexibility index (Phi) is 9.67. The fourth-order valence-corrected chi connectivity index (χ4v) is 5.27. The summed E-state index contributed by atoms with van der Waals surface area (Å²) in [7, 11) is 1.63. The van der Waals surface area contributed by atoms with E-state index < -0.39 is 23.8 Å². The number of thiocarbonyl (C=S) groups is 1. The maximum absolute atomic E-state index is 14.0. The summed E-state index contributed by atoms with van der Waals surface area (Å²) in [6, 6.07) is 21.1. The lowest BCUT2D eigenvalue weighted by Gasteiger charge is -2.22. The van der Waals surface area contributed by atoms with Crippen LogP contribution in [0.4, 0.5) is 22.9 Å². The molecule has 3 aromatic carbocycles. The van der Waals surface area contributed by atoms with E-state index in [0.717, 1.165) is 0 Å². The standard InChI is InChI=1S/C32H31N7O6S/c1-4-44-25-16-14-24(15-17-25)39-31(43)26(18-28(41)34-23-12-10-22(11-13-23)33-20(2)40)38(32(39)46)19-27-30(45-36-37(27)3)35-29(42)21-8-6-5-7-9-21/h5-17,26,36H,4,18-19H2,1-3H3,(H,35,42)/p+1. The van der Waals surface area contributed by atoms with Crippen LogP contribution in [0.2, 0.25) is 0 Å². The predicted octanol–water partition coefficient (Wildman–Crippen LogP) is 3.64. The highest BCUT2D eigenvalue weighted by Crippen LogP contribution is 2.31. The van der Waals surface area contributed by atoms with Crippen molar-refractivity contribution >= 4 is 63.9 Å². The first-order valence-corrected chi connectivity index (χ1v) is 14.8. The summed E-state index contributed by atoms with van der Waals surface area (Å²) in [6.45, 7) is 3.76. The van der Waals surface area contributed by atoms with Gasteiger partial charge in [0.1, 0.15) is 18.3 Å². The van der Waals surface area contributed by atoms with Crippen LogP contribution in [0.1, 0.15) is 36.3 Å². The highest BCUT2D eigenvalue weighted by molar-refractivity contribution is 7.80. The minimum atomic E-state index is -0.995. The van der Waals surface area contributed by atoms with E-state index in [9.17, 15) is 19.2 Å². The second-order valence-corrected chi connectivity index (χ2v) is 10.7. The zero-order valence-corrected chi connectivity index (χ0v) is 26.2. The molecule has 1 unspecified atom stereocenters. The number of anilines is 4. The van der Waals surface area contributed by atoms with Crippen LogP contribution in [0, 0.1) is 0 Å². The van der Waals surface area contributed by atoms with Gasteiger partial charge in [0.2, 0.25) is 17.1 Å². The molecule has 1 aliphatic rings. The lowest BCUT2D eigenvalue weighted by Crippen LogP contribution is -2.43. The molecule has 14 heteroatoms. The van der Waals surface area contributed by atoms with Crippen molar-refractivity contribution in [2.45, 2.75) is 32.9 Å². The van der Waals surface area contributed by atoms with Gasteiger partial charge in [-0.1, -0.05) is 18.2 Å². The summed E-state index contributed by atoms with van der Waals surface area (Å²) < 4.78 is 12.4. The lowest BCUT2D eigenvalue weighted by molar-refractivity contribution is -0.746. The average molecular weight is 643 g/mol. The molecular weight excluding hydrogens is 610 g/mol. The van der Waals surface area contributed by atoms with Gasteiger partial charge in [-0.3, -0.25) is 33.9 Å². The van der Waals surface area contributed by atoms with Gasteiger partial charge in [0, 0.05) is 23.9 Å². The fourth-order valence-electron chi connectivity index (χ4n) is 4.88. The zero-order chi connectivity index (χ0) is 32.8. The summed E-state index contributed by atoms with van der Waals surface area (Å²) in [6.07, 6.45) is -0.235. The quantitative estimate of drug-likeness (QED) is 0.165. The van der Waals surface area contributed by atoms with Crippen molar-refractivity contribution in [2.24, 2.45) is 7.05 Å². The van der Waals surface area contributed by atoms with E-state index in [0.29, 0.717) is 40.7 Å². The van der Waals surface area contributed by atoms with Crippen molar-refractivity contribution in [2.75, 3.05) is 27.5 Å². The first kappa shape index (κ1) is 31.8. The number of carbonyl (C=O) groups is 4. The van der Waals surface area contributed by atoms with Gasteiger partial charge in [-0.05, 0) is 84.5 Å². The first-order chi connectivity index (χ1) is 22.1. The Balaban J connectivity index is 1.40. The summed E-state index contributed by atoms with van der Waals surface area (Å²) in [4.78, 5) is 54.5. The van der Waals surface area contributed by atoms with Gasteiger partial charge in [-0.15, -0.1) is 0 Å². The average Bonchev–Trinajstić information content (AvgIpc) is 3.49. The molecule has 1 atom stereocenters. The zero-order valence-electron chi connectivity index (χ0n) is 25.4. The largest absolute Gasteiger partial charge is 0.494 e. The third kappa shape index (κ3) is 7.18. The van der Waals surface area contributed by atoms with E-state index >= 15 is 0 Å². The van der Waals surface area contributed by atoms with Gasteiger partial charge < -0.3 is 20.3 Å². The van der Waals surface area contributed by atoms with Crippen LogP contribution in [0.15, 0.2) is 83.4 Å². The molecule has 0 saturated carbocycles. The van der Waals surface area contributed by atoms with Crippen LogP contribution in [0.3, 0.4) is 0 Å². The minimum absolute atomic E-state index is 0.00807. The lowest BCUT2D eigenvalue weighted by atomic mass is 10.1. The van der Waals surface area contributed by atoms with Crippen molar-refractivity contribution in [1.82, 2.24) is 10.2 Å². The van der Waals surface area contributed by atoms with Crippen LogP contribution < -0.4 is 30.3 Å². The number of benzene rings is 3. The molecule has 4 aromatic rings. The smallest absolute Gasteiger partial charge is 0.307 e. The van der Waals surface area contributed by atoms with Gasteiger partial charge in [0.25, 0.3) is 17.5 Å². The summed E-state index contributed by atoms with van der Waals surface area (Å²) in [5, 5.41) is 12.3. The van der Waals surface area contributed by atoms with Crippen molar-refractivity contribution in [3.8, 4) is 5.75 Å². The third-order valence-electron chi connectivity index (χ3n) is 7.08. The molecule has 0 spiro atoms. The SMILES string of the molecule is CCOc1ccc(N2C(=O)C(CC(=O)Nc3ccc(NC(C)=O)cc3)N(Cc3c(NC(=O)c4ccccc4)on[n+]3C)C2=S)cc1. The Morgan fingerprint density at radius 3 is 2.24 bits per heavy atom. The summed E-state index contributed by atoms with van der Waals surface area (Å²) in [5.41, 5.74) is 2.41. The predicted molar refractivity (Wildman–Crippen MR) is 173 cm³/mol. The van der Waals surface area contributed by atoms with E-state index in [2.05, 4.69) is 21.2 Å². The minimum Gasteiger partial charge on any atom is -0.494 e. The van der Waals surface area contributed by atoms with Gasteiger partial charge in [-0.25, -0.2) is 0 Å². The number of nitrogens with one attached hydrogen (secondary N) is 3. The van der Waals surface area contributed by atoms with E-state index in [1.54, 1.807) is 90.8 Å². The summed E-state index contributed by atoms with van der Waals surface area (Å²) in [5.74, 6) is -0.743. The molecule has 1 aromatic heterocycles. The molecule has 3 N–H and O–H groups in total. The normalized spacial score (nSPS) is 14.3. The van der Waals surface area contributed by atoms with Crippen LogP contribution in [-0.4, -0.2) is 51.6 Å². The molecule has 0 bridgehead atoms. The number of aryl methyl sites for hydroxylation is 1. The molecule has 13 nitrogen and oxygen atoms in total. The van der Waals surface area contributed by atoms with Crippen LogP contribution in [0.5, 0.6) is 5.75 Å². The van der Waals surface area contributed by atoms with E-state index in [1.165, 1.54) is 16.5 Å². The number of aromatic nitrogens is 2. The summed E-state index contributed by atoms with van der Waals surface area (Å²) >= 11 is 5.82. The molecule has 2 heterocycles. The third-order valence-corrected chi connectivity index (χ3v) is 7.50. The number of rotatable bonds is 11. The van der Waals surface area contributed by atoms with Gasteiger partial charge in [0.05, 0.1) is 18.7 Å². The molecule has 5 rings (SSSR count). The number of hydrogen-bond donors (Lipinski definition) is 3. The molecule has 236 valence electrons. The monoisotopic (exact) mass is 642 g/mol. The Labute approximate surface area is 270 Å². The Morgan fingerprint density at radius 1 is 0.957 bits per heavy atom. The maximum Gasteiger partial charge on any atom is 0.307 e. The molecule has 1 fully saturated rings. The number of ether oxygens (including phenoxy) is 1. The highest BCUT2D eigenvalue weighted by Gasteiger charge is 2.46. The van der Waals surface area contributed by atoms with Crippen molar-refractivity contribution in [3.05, 3.63) is 90.1 Å². The Hall–Kier alpha value is -5.63. The van der Waals surface area contributed by atoms with Gasteiger partial charge in [0.15, 0.2) is 12.2 Å². The molecule has 46 heavy (non-hydrogen) atoms. The van der Waals surface area contributed by atoms with E-state index in [-0.39, 0.29) is 29.9 Å². The highest BCUT2D eigenvalue weighted by atomic mass is 32.1. The van der Waals surface area contributed by atoms with Crippen molar-refractivity contribution < 1.29 is 33.1 Å². The van der Waals surface area contributed by atoms with Crippen LogP contribution >= 0.6 is 12.2 Å². The van der Waals surface area contributed by atoms with Gasteiger partial charge >= 0.3 is 5.88 Å². The van der Waals surface area contributed by atoms with E-state index in [1.807, 2.05) is 6.92 Å². The van der Waals surface area contributed by atoms with E-state index in [4.69, 9.17) is 21.5 Å². The number of carbonyl (C=O) groups excluding carboxylic acids is 4. The number of hydrogen-bond acceptors (Lipinski definition) is 8. The Bertz CT molecular complexity index is 1760. The second kappa shape index (κ2) is 14.0. The van der Waals surface area contributed by atoms with Crippen LogP contribution in [0.25, 0.3) is 0 Å². The Morgan fingerprint density at radius 2 is 1.61 bits per heavy atom. The molecule has 1 aliphatic heterocycles. The second-order valence-electron chi connectivity index (χ2n) is 10.3. The van der Waals surface area contributed by atoms with Crippen molar-refractivity contribution in [3.63, 3.8) is 0 Å².